The third-order valence-corrected chi connectivity index (χ3v) is 5.30. The largest absolute Gasteiger partial charge is 0.460 e. The zero-order valence-corrected chi connectivity index (χ0v) is 16.6. The third-order valence-electron chi connectivity index (χ3n) is 4.43. The molecule has 7 nitrogen and oxygen atoms in total. The van der Waals surface area contributed by atoms with Crippen molar-refractivity contribution in [2.24, 2.45) is 5.92 Å². The van der Waals surface area contributed by atoms with Gasteiger partial charge in [-0.1, -0.05) is 48.0 Å². The summed E-state index contributed by atoms with van der Waals surface area (Å²) in [7, 11) is -4.02. The predicted octanol–water partition coefficient (Wildman–Crippen LogP) is 1.94. The summed E-state index contributed by atoms with van der Waals surface area (Å²) < 4.78 is 34.7. The fraction of sp³-hybridized carbons (Fsp3) is 0.350. The number of hydrogen-bond donors (Lipinski definition) is 3. The van der Waals surface area contributed by atoms with Gasteiger partial charge in [-0.3, -0.25) is 9.35 Å². The average molecular weight is 407 g/mol. The van der Waals surface area contributed by atoms with Crippen LogP contribution in [0.3, 0.4) is 0 Å². The van der Waals surface area contributed by atoms with Crippen molar-refractivity contribution in [3.05, 3.63) is 65.7 Å². The van der Waals surface area contributed by atoms with Crippen molar-refractivity contribution in [1.82, 2.24) is 5.32 Å². The minimum atomic E-state index is -4.02. The van der Waals surface area contributed by atoms with Gasteiger partial charge in [-0.15, -0.1) is 0 Å². The van der Waals surface area contributed by atoms with Gasteiger partial charge in [0.1, 0.15) is 6.61 Å². The maximum Gasteiger partial charge on any atom is 0.313 e. The maximum absolute atomic E-state index is 11.8. The van der Waals surface area contributed by atoms with Gasteiger partial charge in [0.05, 0.1) is 16.9 Å². The highest BCUT2D eigenvalue weighted by atomic mass is 32.2. The summed E-state index contributed by atoms with van der Waals surface area (Å²) in [6, 6.07) is 15.5. The van der Waals surface area contributed by atoms with Crippen LogP contribution in [-0.2, 0) is 26.3 Å². The van der Waals surface area contributed by atoms with E-state index in [9.17, 15) is 18.3 Å². The van der Waals surface area contributed by atoms with Gasteiger partial charge < -0.3 is 15.2 Å². The smallest absolute Gasteiger partial charge is 0.313 e. The van der Waals surface area contributed by atoms with E-state index >= 15 is 0 Å². The summed E-state index contributed by atoms with van der Waals surface area (Å²) in [6.45, 7) is 4.44. The first-order valence-corrected chi connectivity index (χ1v) is 10.3. The molecule has 0 amide bonds. The Morgan fingerprint density at radius 3 is 2.25 bits per heavy atom. The Hall–Kier alpha value is -2.26. The van der Waals surface area contributed by atoms with E-state index in [0.29, 0.717) is 6.54 Å². The molecule has 1 aliphatic heterocycles. The van der Waals surface area contributed by atoms with Gasteiger partial charge in [-0.05, 0) is 31.5 Å². The Morgan fingerprint density at radius 1 is 1.14 bits per heavy atom. The summed E-state index contributed by atoms with van der Waals surface area (Å²) in [5, 5.41) is 12.8. The van der Waals surface area contributed by atoms with E-state index in [1.165, 1.54) is 12.1 Å². The summed E-state index contributed by atoms with van der Waals surface area (Å²) in [5.41, 5.74) is 1.91. The molecule has 0 saturated carbocycles. The maximum atomic E-state index is 11.8. The number of aliphatic hydroxyl groups excluding tert-OH is 1. The highest BCUT2D eigenvalue weighted by molar-refractivity contribution is 7.85. The molecule has 2 aromatic rings. The number of rotatable bonds is 4. The summed E-state index contributed by atoms with van der Waals surface area (Å²) in [4.78, 5) is 11.7. The van der Waals surface area contributed by atoms with Crippen molar-refractivity contribution >= 4 is 16.1 Å². The SMILES string of the molecule is C[C@H]1NC[C@@H](C(=O)OCc2ccccc2)[C@@H]1O.Cc1ccc(S(=O)(=O)O)cc1. The molecular formula is C20H25NO6S. The summed E-state index contributed by atoms with van der Waals surface area (Å²) >= 11 is 0. The van der Waals surface area contributed by atoms with Gasteiger partial charge >= 0.3 is 5.97 Å². The van der Waals surface area contributed by atoms with E-state index in [4.69, 9.17) is 9.29 Å². The number of carbonyl (C=O) groups excluding carboxylic acids is 1. The Kier molecular flexibility index (Phi) is 7.70. The van der Waals surface area contributed by atoms with Crippen LogP contribution in [0.15, 0.2) is 59.5 Å². The molecule has 1 heterocycles. The molecule has 28 heavy (non-hydrogen) atoms. The molecule has 1 fully saturated rings. The van der Waals surface area contributed by atoms with Crippen LogP contribution < -0.4 is 5.32 Å². The van der Waals surface area contributed by atoms with Crippen molar-refractivity contribution < 1.29 is 27.6 Å². The highest BCUT2D eigenvalue weighted by Crippen LogP contribution is 2.17. The molecule has 8 heteroatoms. The molecule has 1 saturated heterocycles. The molecule has 2 aromatic carbocycles. The average Bonchev–Trinajstić information content (AvgIpc) is 3.00. The molecule has 0 spiro atoms. The summed E-state index contributed by atoms with van der Waals surface area (Å²) in [5.74, 6) is -0.785. The Morgan fingerprint density at radius 2 is 1.75 bits per heavy atom. The van der Waals surface area contributed by atoms with Crippen LogP contribution >= 0.6 is 0 Å². The zero-order valence-electron chi connectivity index (χ0n) is 15.8. The fourth-order valence-corrected chi connectivity index (χ4v) is 3.15. The second-order valence-corrected chi connectivity index (χ2v) is 8.10. The van der Waals surface area contributed by atoms with Crippen molar-refractivity contribution in [2.45, 2.75) is 37.5 Å². The molecule has 0 unspecified atom stereocenters. The first-order valence-electron chi connectivity index (χ1n) is 8.84. The standard InChI is InChI=1S/C13H17NO3.C7H8O3S/c1-9-12(15)11(7-14-9)13(16)17-8-10-5-3-2-4-6-10;1-6-2-4-7(5-3-6)11(8,9)10/h2-6,9,11-12,14-15H,7-8H2,1H3;2-5H,1H3,(H,8,9,10)/t9-,11-,12-;/m1./s1. The molecule has 0 bridgehead atoms. The van der Waals surface area contributed by atoms with Crippen molar-refractivity contribution in [3.63, 3.8) is 0 Å². The van der Waals surface area contributed by atoms with E-state index in [-0.39, 0.29) is 23.5 Å². The van der Waals surface area contributed by atoms with E-state index in [1.54, 1.807) is 12.1 Å². The molecule has 0 radical (unpaired) electrons. The first kappa shape index (κ1) is 22.0. The van der Waals surface area contributed by atoms with Crippen molar-refractivity contribution in [1.29, 1.82) is 0 Å². The topological polar surface area (TPSA) is 113 Å². The number of esters is 1. The van der Waals surface area contributed by atoms with E-state index in [0.717, 1.165) is 11.1 Å². The zero-order chi connectivity index (χ0) is 20.7. The van der Waals surface area contributed by atoms with Crippen LogP contribution in [0.1, 0.15) is 18.1 Å². The minimum Gasteiger partial charge on any atom is -0.460 e. The van der Waals surface area contributed by atoms with Crippen LogP contribution in [-0.4, -0.2) is 42.7 Å². The molecule has 0 aliphatic carbocycles. The van der Waals surface area contributed by atoms with E-state index in [1.807, 2.05) is 44.2 Å². The van der Waals surface area contributed by atoms with Gasteiger partial charge in [0.2, 0.25) is 0 Å². The van der Waals surface area contributed by atoms with Gasteiger partial charge in [0, 0.05) is 12.6 Å². The number of aliphatic hydroxyl groups is 1. The van der Waals surface area contributed by atoms with Crippen LogP contribution in [0.2, 0.25) is 0 Å². The number of aryl methyl sites for hydroxylation is 1. The van der Waals surface area contributed by atoms with Gasteiger partial charge in [0.25, 0.3) is 10.1 Å². The molecule has 0 aromatic heterocycles. The monoisotopic (exact) mass is 407 g/mol. The van der Waals surface area contributed by atoms with Crippen LogP contribution in [0.5, 0.6) is 0 Å². The third kappa shape index (κ3) is 6.42. The van der Waals surface area contributed by atoms with Gasteiger partial charge in [-0.2, -0.15) is 8.42 Å². The van der Waals surface area contributed by atoms with Crippen LogP contribution in [0, 0.1) is 12.8 Å². The second-order valence-electron chi connectivity index (χ2n) is 6.68. The lowest BCUT2D eigenvalue weighted by Gasteiger charge is -2.14. The van der Waals surface area contributed by atoms with E-state index in [2.05, 4.69) is 5.32 Å². The van der Waals surface area contributed by atoms with Crippen LogP contribution in [0.25, 0.3) is 0 Å². The molecule has 152 valence electrons. The molecule has 3 rings (SSSR count). The van der Waals surface area contributed by atoms with Gasteiger partial charge in [0.15, 0.2) is 0 Å². The molecule has 3 N–H and O–H groups in total. The number of hydrogen-bond acceptors (Lipinski definition) is 6. The Labute approximate surface area is 165 Å². The fourth-order valence-electron chi connectivity index (χ4n) is 2.67. The van der Waals surface area contributed by atoms with Crippen LogP contribution in [0.4, 0.5) is 0 Å². The highest BCUT2D eigenvalue weighted by Gasteiger charge is 2.37. The lowest BCUT2D eigenvalue weighted by atomic mass is 10.0. The molecule has 3 atom stereocenters. The quantitative estimate of drug-likeness (QED) is 0.524. The number of carbonyl (C=O) groups is 1. The van der Waals surface area contributed by atoms with Crippen molar-refractivity contribution in [2.75, 3.05) is 6.54 Å². The second kappa shape index (κ2) is 9.79. The van der Waals surface area contributed by atoms with Crippen molar-refractivity contribution in [3.8, 4) is 0 Å². The number of benzene rings is 2. The lowest BCUT2D eigenvalue weighted by Crippen LogP contribution is -2.31. The Bertz CT molecular complexity index is 867. The Balaban J connectivity index is 0.000000221. The first-order chi connectivity index (χ1) is 13.2. The number of nitrogens with one attached hydrogen (secondary N) is 1. The minimum absolute atomic E-state index is 0.0516. The summed E-state index contributed by atoms with van der Waals surface area (Å²) in [6.07, 6.45) is -0.654. The predicted molar refractivity (Wildman–Crippen MR) is 104 cm³/mol. The lowest BCUT2D eigenvalue weighted by molar-refractivity contribution is -0.152. The molecular weight excluding hydrogens is 382 g/mol. The van der Waals surface area contributed by atoms with Gasteiger partial charge in [-0.25, -0.2) is 0 Å². The number of ether oxygens (including phenoxy) is 1. The van der Waals surface area contributed by atoms with E-state index < -0.39 is 22.1 Å². The normalized spacial score (nSPS) is 21.5. The molecule has 1 aliphatic rings.